The maximum atomic E-state index is 5.99. The molecule has 0 bridgehead atoms. The molecule has 0 amide bonds. The minimum atomic E-state index is 0.806. The van der Waals surface area contributed by atoms with Crippen molar-refractivity contribution in [1.82, 2.24) is 0 Å². The van der Waals surface area contributed by atoms with Crippen LogP contribution in [0.3, 0.4) is 0 Å². The fourth-order valence-corrected chi connectivity index (χ4v) is 1.89. The number of rotatable bonds is 6. The second-order valence-corrected chi connectivity index (χ2v) is 3.75. The fourth-order valence-electron chi connectivity index (χ4n) is 1.89. The Labute approximate surface area is 99.8 Å². The molecule has 0 aromatic heterocycles. The predicted octanol–water partition coefficient (Wildman–Crippen LogP) is 2.67. The van der Waals surface area contributed by atoms with Crippen LogP contribution in [0.2, 0.25) is 0 Å². The molecule has 0 atom stereocenters. The van der Waals surface area contributed by atoms with Gasteiger partial charge in [0.1, 0.15) is 7.85 Å². The van der Waals surface area contributed by atoms with Crippen molar-refractivity contribution in [3.8, 4) is 0 Å². The standard InChI is InChI=1S/C15H17B/c1-4-7-12-10-11-15(16)14(9-6-3)13(12)8-5-2/h4-6,10-11H,1-3,7-9H2. The van der Waals surface area contributed by atoms with E-state index in [9.17, 15) is 0 Å². The molecule has 0 fully saturated rings. The molecule has 16 heavy (non-hydrogen) atoms. The van der Waals surface area contributed by atoms with Gasteiger partial charge in [0.25, 0.3) is 0 Å². The Bertz CT molecular complexity index is 402. The van der Waals surface area contributed by atoms with E-state index in [0.717, 1.165) is 24.7 Å². The maximum Gasteiger partial charge on any atom is 0.114 e. The molecule has 0 aliphatic heterocycles. The lowest BCUT2D eigenvalue weighted by Gasteiger charge is -2.15. The Morgan fingerprint density at radius 3 is 2.00 bits per heavy atom. The van der Waals surface area contributed by atoms with E-state index in [1.54, 1.807) is 0 Å². The highest BCUT2D eigenvalue weighted by Gasteiger charge is 2.07. The summed E-state index contributed by atoms with van der Waals surface area (Å²) in [4.78, 5) is 0. The van der Waals surface area contributed by atoms with Crippen LogP contribution in [0.5, 0.6) is 0 Å². The van der Waals surface area contributed by atoms with Crippen LogP contribution >= 0.6 is 0 Å². The number of benzene rings is 1. The summed E-state index contributed by atoms with van der Waals surface area (Å²) in [5, 5.41) is 0. The maximum absolute atomic E-state index is 5.99. The van der Waals surface area contributed by atoms with Gasteiger partial charge >= 0.3 is 0 Å². The van der Waals surface area contributed by atoms with E-state index in [2.05, 4.69) is 25.8 Å². The minimum Gasteiger partial charge on any atom is -0.103 e. The van der Waals surface area contributed by atoms with Gasteiger partial charge in [0, 0.05) is 0 Å². The lowest BCUT2D eigenvalue weighted by atomic mass is 9.82. The lowest BCUT2D eigenvalue weighted by molar-refractivity contribution is 1.10. The van der Waals surface area contributed by atoms with Crippen molar-refractivity contribution in [3.05, 3.63) is 66.8 Å². The molecule has 2 radical (unpaired) electrons. The van der Waals surface area contributed by atoms with Gasteiger partial charge in [0.15, 0.2) is 0 Å². The van der Waals surface area contributed by atoms with Crippen LogP contribution < -0.4 is 5.46 Å². The first kappa shape index (κ1) is 12.6. The van der Waals surface area contributed by atoms with Crippen LogP contribution in [0.1, 0.15) is 16.7 Å². The summed E-state index contributed by atoms with van der Waals surface area (Å²) < 4.78 is 0. The summed E-state index contributed by atoms with van der Waals surface area (Å²) in [5.74, 6) is 0. The molecule has 0 N–H and O–H groups in total. The quantitative estimate of drug-likeness (QED) is 0.498. The van der Waals surface area contributed by atoms with Gasteiger partial charge in [0.05, 0.1) is 0 Å². The van der Waals surface area contributed by atoms with Crippen molar-refractivity contribution in [2.75, 3.05) is 0 Å². The van der Waals surface area contributed by atoms with E-state index in [0.29, 0.717) is 0 Å². The molecule has 0 spiro atoms. The van der Waals surface area contributed by atoms with Gasteiger partial charge in [-0.3, -0.25) is 0 Å². The second kappa shape index (κ2) is 6.17. The smallest absolute Gasteiger partial charge is 0.103 e. The summed E-state index contributed by atoms with van der Waals surface area (Å²) in [6.07, 6.45) is 8.23. The zero-order chi connectivity index (χ0) is 12.0. The molecule has 0 heterocycles. The lowest BCUT2D eigenvalue weighted by Crippen LogP contribution is -2.14. The molecule has 0 aliphatic rings. The van der Waals surface area contributed by atoms with Crippen molar-refractivity contribution in [2.45, 2.75) is 19.3 Å². The van der Waals surface area contributed by atoms with E-state index < -0.39 is 0 Å². The third-order valence-electron chi connectivity index (χ3n) is 2.63. The highest BCUT2D eigenvalue weighted by molar-refractivity contribution is 6.33. The van der Waals surface area contributed by atoms with Crippen molar-refractivity contribution < 1.29 is 0 Å². The van der Waals surface area contributed by atoms with Crippen molar-refractivity contribution in [1.29, 1.82) is 0 Å². The molecule has 1 aromatic carbocycles. The average molecular weight is 208 g/mol. The van der Waals surface area contributed by atoms with Gasteiger partial charge < -0.3 is 0 Å². The van der Waals surface area contributed by atoms with Gasteiger partial charge in [-0.25, -0.2) is 0 Å². The summed E-state index contributed by atoms with van der Waals surface area (Å²) in [5.41, 5.74) is 4.56. The second-order valence-electron chi connectivity index (χ2n) is 3.75. The van der Waals surface area contributed by atoms with Crippen molar-refractivity contribution >= 4 is 13.3 Å². The Kier molecular flexibility index (Phi) is 4.85. The molecule has 80 valence electrons. The number of hydrogen-bond donors (Lipinski definition) is 0. The van der Waals surface area contributed by atoms with E-state index in [1.165, 1.54) is 16.7 Å². The predicted molar refractivity (Wildman–Crippen MR) is 73.5 cm³/mol. The van der Waals surface area contributed by atoms with E-state index in [1.807, 2.05) is 24.3 Å². The summed E-state index contributed by atoms with van der Waals surface area (Å²) in [7, 11) is 5.99. The van der Waals surface area contributed by atoms with E-state index in [-0.39, 0.29) is 0 Å². The largest absolute Gasteiger partial charge is 0.114 e. The van der Waals surface area contributed by atoms with Crippen molar-refractivity contribution in [2.24, 2.45) is 0 Å². The SMILES string of the molecule is [B]c1ccc(CC=C)c(CC=C)c1CC=C. The van der Waals surface area contributed by atoms with Crippen LogP contribution in [0.25, 0.3) is 0 Å². The summed E-state index contributed by atoms with van der Waals surface area (Å²) in [6.45, 7) is 11.3. The van der Waals surface area contributed by atoms with Crippen LogP contribution in [0, 0.1) is 0 Å². The molecular formula is C15H17B. The highest BCUT2D eigenvalue weighted by atomic mass is 14.1. The van der Waals surface area contributed by atoms with Crippen LogP contribution in [0.4, 0.5) is 0 Å². The molecule has 0 unspecified atom stereocenters. The van der Waals surface area contributed by atoms with Crippen LogP contribution in [-0.2, 0) is 19.3 Å². The topological polar surface area (TPSA) is 0 Å². The molecule has 0 aliphatic carbocycles. The molecular weight excluding hydrogens is 191 g/mol. The van der Waals surface area contributed by atoms with Crippen LogP contribution in [0.15, 0.2) is 50.1 Å². The average Bonchev–Trinajstić information content (AvgIpc) is 2.27. The van der Waals surface area contributed by atoms with Gasteiger partial charge in [-0.15, -0.1) is 19.7 Å². The third kappa shape index (κ3) is 2.76. The third-order valence-corrected chi connectivity index (χ3v) is 2.63. The first-order chi connectivity index (χ1) is 7.74. The molecule has 0 nitrogen and oxygen atoms in total. The Morgan fingerprint density at radius 1 is 0.875 bits per heavy atom. The minimum absolute atomic E-state index is 0.806. The molecule has 0 saturated carbocycles. The summed E-state index contributed by atoms with van der Waals surface area (Å²) >= 11 is 0. The highest BCUT2D eigenvalue weighted by Crippen LogP contribution is 2.16. The zero-order valence-electron chi connectivity index (χ0n) is 9.71. The van der Waals surface area contributed by atoms with Crippen LogP contribution in [-0.4, -0.2) is 7.85 Å². The molecule has 1 heteroatoms. The normalized spacial score (nSPS) is 9.75. The van der Waals surface area contributed by atoms with Gasteiger partial charge in [0.2, 0.25) is 0 Å². The van der Waals surface area contributed by atoms with Gasteiger partial charge in [-0.2, -0.15) is 0 Å². The monoisotopic (exact) mass is 208 g/mol. The Balaban J connectivity index is 3.28. The fraction of sp³-hybridized carbons (Fsp3) is 0.200. The van der Waals surface area contributed by atoms with Gasteiger partial charge in [-0.1, -0.05) is 35.8 Å². The molecule has 1 rings (SSSR count). The Morgan fingerprint density at radius 2 is 1.44 bits per heavy atom. The summed E-state index contributed by atoms with van der Waals surface area (Å²) in [6, 6.07) is 4.03. The molecule has 1 aromatic rings. The first-order valence-electron chi connectivity index (χ1n) is 5.46. The number of hydrogen-bond acceptors (Lipinski definition) is 0. The van der Waals surface area contributed by atoms with E-state index >= 15 is 0 Å². The van der Waals surface area contributed by atoms with Gasteiger partial charge in [-0.05, 0) is 36.0 Å². The van der Waals surface area contributed by atoms with Crippen molar-refractivity contribution in [3.63, 3.8) is 0 Å². The molecule has 0 saturated heterocycles. The first-order valence-corrected chi connectivity index (χ1v) is 5.46. The number of allylic oxidation sites excluding steroid dienone is 3. The zero-order valence-corrected chi connectivity index (χ0v) is 9.71. The Hall–Kier alpha value is -1.50. The van der Waals surface area contributed by atoms with E-state index in [4.69, 9.17) is 7.85 Å².